The second kappa shape index (κ2) is 5.98. The summed E-state index contributed by atoms with van der Waals surface area (Å²) < 4.78 is 0. The maximum atomic E-state index is 3.12. The van der Waals surface area contributed by atoms with Crippen LogP contribution in [-0.4, -0.2) is 0 Å². The van der Waals surface area contributed by atoms with Gasteiger partial charge in [0.25, 0.3) is 0 Å². The lowest BCUT2D eigenvalue weighted by Crippen LogP contribution is -1.87. The van der Waals surface area contributed by atoms with Crippen LogP contribution in [0.3, 0.4) is 0 Å². The molecule has 0 aromatic heterocycles. The van der Waals surface area contributed by atoms with Gasteiger partial charge in [0.2, 0.25) is 0 Å². The van der Waals surface area contributed by atoms with Crippen LogP contribution < -0.4 is 0 Å². The van der Waals surface area contributed by atoms with E-state index in [0.29, 0.717) is 0 Å². The average Bonchev–Trinajstić information content (AvgIpc) is 2.37. The lowest BCUT2D eigenvalue weighted by molar-refractivity contribution is 0.712. The van der Waals surface area contributed by atoms with Gasteiger partial charge in [-0.05, 0) is 43.9 Å². The Hall–Kier alpha value is -1.74. The van der Waals surface area contributed by atoms with E-state index in [1.54, 1.807) is 0 Å². The van der Waals surface area contributed by atoms with E-state index >= 15 is 0 Å². The Balaban J connectivity index is 1.94. The van der Waals surface area contributed by atoms with E-state index in [1.807, 2.05) is 36.4 Å². The van der Waals surface area contributed by atoms with E-state index in [4.69, 9.17) is 0 Å². The topological polar surface area (TPSA) is 0 Å². The molecule has 0 saturated heterocycles. The number of hydrogen-bond acceptors (Lipinski definition) is 0. The molecule has 0 saturated carbocycles. The van der Waals surface area contributed by atoms with Gasteiger partial charge >= 0.3 is 0 Å². The molecule has 0 spiro atoms. The van der Waals surface area contributed by atoms with Crippen molar-refractivity contribution >= 4 is 0 Å². The Morgan fingerprint density at radius 3 is 2.69 bits per heavy atom. The molecule has 0 radical (unpaired) electrons. The van der Waals surface area contributed by atoms with Gasteiger partial charge in [-0.15, -0.1) is 0 Å². The van der Waals surface area contributed by atoms with Gasteiger partial charge in [-0.1, -0.05) is 47.8 Å². The van der Waals surface area contributed by atoms with E-state index in [2.05, 4.69) is 24.0 Å². The monoisotopic (exact) mass is 208 g/mol. The number of hydrogen-bond donors (Lipinski definition) is 0. The van der Waals surface area contributed by atoms with Gasteiger partial charge in [0.1, 0.15) is 0 Å². The summed E-state index contributed by atoms with van der Waals surface area (Å²) in [5.41, 5.74) is 2.51. The zero-order valence-corrected chi connectivity index (χ0v) is 9.45. The number of allylic oxidation sites excluding steroid dienone is 4. The van der Waals surface area contributed by atoms with Crippen LogP contribution in [-0.2, 0) is 0 Å². The first kappa shape index (κ1) is 10.8. The Morgan fingerprint density at radius 1 is 1.06 bits per heavy atom. The van der Waals surface area contributed by atoms with Crippen molar-refractivity contribution in [1.82, 2.24) is 0 Å². The first-order valence-electron chi connectivity index (χ1n) is 5.87. The van der Waals surface area contributed by atoms with Crippen molar-refractivity contribution in [3.8, 4) is 11.8 Å². The van der Waals surface area contributed by atoms with Crippen LogP contribution in [0.1, 0.15) is 31.2 Å². The molecule has 0 aliphatic heterocycles. The first-order valence-corrected chi connectivity index (χ1v) is 5.87. The molecule has 1 aliphatic carbocycles. The minimum Gasteiger partial charge on any atom is -0.0813 e. The SMILES string of the molecule is C(#Cc1ccccc1)C=CC1=CCCCC1. The fourth-order valence-electron chi connectivity index (χ4n) is 1.81. The quantitative estimate of drug-likeness (QED) is 0.610. The third-order valence-electron chi connectivity index (χ3n) is 2.70. The van der Waals surface area contributed by atoms with Gasteiger partial charge in [0.05, 0.1) is 0 Å². The summed E-state index contributed by atoms with van der Waals surface area (Å²) in [5, 5.41) is 0. The highest BCUT2D eigenvalue weighted by molar-refractivity contribution is 5.38. The highest BCUT2D eigenvalue weighted by Gasteiger charge is 1.98. The number of benzene rings is 1. The van der Waals surface area contributed by atoms with Crippen LogP contribution in [0.4, 0.5) is 0 Å². The molecule has 0 N–H and O–H groups in total. The van der Waals surface area contributed by atoms with E-state index in [-0.39, 0.29) is 0 Å². The van der Waals surface area contributed by atoms with Crippen molar-refractivity contribution in [1.29, 1.82) is 0 Å². The van der Waals surface area contributed by atoms with Crippen molar-refractivity contribution < 1.29 is 0 Å². The maximum absolute atomic E-state index is 3.12. The molecule has 1 aliphatic rings. The van der Waals surface area contributed by atoms with Gasteiger partial charge < -0.3 is 0 Å². The summed E-state index contributed by atoms with van der Waals surface area (Å²) in [6.45, 7) is 0. The van der Waals surface area contributed by atoms with Crippen molar-refractivity contribution in [2.45, 2.75) is 25.7 Å². The Labute approximate surface area is 97.7 Å². The number of rotatable bonds is 1. The van der Waals surface area contributed by atoms with Gasteiger partial charge in [0, 0.05) is 5.56 Å². The molecule has 0 nitrogen and oxygen atoms in total. The molecule has 16 heavy (non-hydrogen) atoms. The summed E-state index contributed by atoms with van der Waals surface area (Å²) in [5.74, 6) is 6.20. The second-order valence-corrected chi connectivity index (χ2v) is 3.99. The van der Waals surface area contributed by atoms with Crippen molar-refractivity contribution in [2.75, 3.05) is 0 Å². The molecule has 0 fully saturated rings. The van der Waals surface area contributed by atoms with Crippen LogP contribution in [0.5, 0.6) is 0 Å². The molecule has 0 heterocycles. The van der Waals surface area contributed by atoms with Gasteiger partial charge in [-0.2, -0.15) is 0 Å². The highest BCUT2D eigenvalue weighted by atomic mass is 14.0. The lowest BCUT2D eigenvalue weighted by Gasteiger charge is -2.07. The molecule has 80 valence electrons. The summed E-state index contributed by atoms with van der Waals surface area (Å²) in [7, 11) is 0. The van der Waals surface area contributed by atoms with Gasteiger partial charge in [0.15, 0.2) is 0 Å². The fraction of sp³-hybridized carbons (Fsp3) is 0.250. The molecular formula is C16H16. The Kier molecular flexibility index (Phi) is 4.02. The van der Waals surface area contributed by atoms with Crippen molar-refractivity contribution in [3.63, 3.8) is 0 Å². The van der Waals surface area contributed by atoms with Gasteiger partial charge in [-0.3, -0.25) is 0 Å². The van der Waals surface area contributed by atoms with Crippen molar-refractivity contribution in [3.05, 3.63) is 59.7 Å². The lowest BCUT2D eigenvalue weighted by atomic mass is 9.99. The molecule has 0 unspecified atom stereocenters. The molecule has 1 aromatic carbocycles. The standard InChI is InChI=1S/C16H16/c1-3-9-15(10-4-1)13-7-8-14-16-11-5-2-6-12-16/h1,3-4,8-11,14H,2,5-6,12H2. The summed E-state index contributed by atoms with van der Waals surface area (Å²) in [4.78, 5) is 0. The predicted molar refractivity (Wildman–Crippen MR) is 69.0 cm³/mol. The third kappa shape index (κ3) is 3.44. The fourth-order valence-corrected chi connectivity index (χ4v) is 1.81. The van der Waals surface area contributed by atoms with Crippen LogP contribution in [0, 0.1) is 11.8 Å². The van der Waals surface area contributed by atoms with E-state index < -0.39 is 0 Å². The smallest absolute Gasteiger partial charge is 0.0248 e. The Morgan fingerprint density at radius 2 is 1.94 bits per heavy atom. The second-order valence-electron chi connectivity index (χ2n) is 3.99. The Bertz CT molecular complexity index is 438. The van der Waals surface area contributed by atoms with Crippen LogP contribution in [0.2, 0.25) is 0 Å². The predicted octanol–water partition coefficient (Wildman–Crippen LogP) is 4.09. The molecule has 1 aromatic rings. The van der Waals surface area contributed by atoms with Crippen LogP contribution >= 0.6 is 0 Å². The normalized spacial score (nSPS) is 15.4. The molecule has 0 amide bonds. The molecular weight excluding hydrogens is 192 g/mol. The van der Waals surface area contributed by atoms with E-state index in [1.165, 1.54) is 31.3 Å². The third-order valence-corrected chi connectivity index (χ3v) is 2.70. The maximum Gasteiger partial charge on any atom is 0.0248 e. The van der Waals surface area contributed by atoms with Crippen molar-refractivity contribution in [2.24, 2.45) is 0 Å². The minimum atomic E-state index is 1.07. The highest BCUT2D eigenvalue weighted by Crippen LogP contribution is 2.17. The summed E-state index contributed by atoms with van der Waals surface area (Å²) in [6.07, 6.45) is 11.5. The average molecular weight is 208 g/mol. The first-order chi connectivity index (χ1) is 7.95. The molecule has 2 rings (SSSR count). The van der Waals surface area contributed by atoms with Crippen LogP contribution in [0.25, 0.3) is 0 Å². The van der Waals surface area contributed by atoms with Crippen LogP contribution in [0.15, 0.2) is 54.1 Å². The zero-order valence-electron chi connectivity index (χ0n) is 9.45. The molecule has 0 heteroatoms. The molecule has 0 atom stereocenters. The van der Waals surface area contributed by atoms with E-state index in [0.717, 1.165) is 5.56 Å². The summed E-state index contributed by atoms with van der Waals surface area (Å²) in [6, 6.07) is 10.1. The molecule has 0 bridgehead atoms. The van der Waals surface area contributed by atoms with Gasteiger partial charge in [-0.25, -0.2) is 0 Å². The van der Waals surface area contributed by atoms with E-state index in [9.17, 15) is 0 Å². The zero-order chi connectivity index (χ0) is 11.1. The minimum absolute atomic E-state index is 1.07. The summed E-state index contributed by atoms with van der Waals surface area (Å²) >= 11 is 0. The largest absolute Gasteiger partial charge is 0.0813 e.